The molecule has 288 valence electrons. The highest BCUT2D eigenvalue weighted by molar-refractivity contribution is 5.97. The fourth-order valence-corrected chi connectivity index (χ4v) is 4.70. The first kappa shape index (κ1) is 46.0. The number of amides is 6. The van der Waals surface area contributed by atoms with E-state index in [2.05, 4.69) is 31.9 Å². The van der Waals surface area contributed by atoms with Gasteiger partial charge in [-0.1, -0.05) is 27.2 Å². The van der Waals surface area contributed by atoms with E-state index in [4.69, 9.17) is 33.8 Å². The molecule has 0 aliphatic carbocycles. The zero-order valence-corrected chi connectivity index (χ0v) is 29.2. The van der Waals surface area contributed by atoms with Crippen LogP contribution >= 0.6 is 0 Å². The second kappa shape index (κ2) is 25.1. The third-order valence-electron chi connectivity index (χ3n) is 7.43. The molecule has 0 aromatic rings. The van der Waals surface area contributed by atoms with E-state index < -0.39 is 90.3 Å². The first-order chi connectivity index (χ1) is 23.6. The second-order valence-corrected chi connectivity index (χ2v) is 12.2. The van der Waals surface area contributed by atoms with Gasteiger partial charge in [0.05, 0.1) is 12.6 Å². The van der Waals surface area contributed by atoms with E-state index in [9.17, 15) is 38.7 Å². The summed E-state index contributed by atoms with van der Waals surface area (Å²) in [5, 5.41) is 33.3. The number of rotatable bonds is 26. The molecule has 0 aliphatic heterocycles. The van der Waals surface area contributed by atoms with Gasteiger partial charge in [0.1, 0.15) is 36.3 Å². The maximum atomic E-state index is 13.5. The molecule has 0 aliphatic rings. The molecule has 0 radical (unpaired) electrons. The molecule has 0 unspecified atom stereocenters. The van der Waals surface area contributed by atoms with Crippen molar-refractivity contribution < 1.29 is 43.8 Å². The van der Waals surface area contributed by atoms with Crippen LogP contribution in [0.15, 0.2) is 0 Å². The lowest BCUT2D eigenvalue weighted by Crippen LogP contribution is -2.60. The number of carboxylic acid groups (broad SMARTS) is 1. The van der Waals surface area contributed by atoms with Crippen LogP contribution in [0.4, 0.5) is 0 Å². The van der Waals surface area contributed by atoms with Gasteiger partial charge in [-0.2, -0.15) is 0 Å². The lowest BCUT2D eigenvalue weighted by Gasteiger charge is -2.28. The van der Waals surface area contributed by atoms with E-state index in [0.717, 1.165) is 0 Å². The quantitative estimate of drug-likeness (QED) is 0.0397. The Morgan fingerprint density at radius 3 is 1.16 bits per heavy atom. The number of hydrogen-bond acceptors (Lipinski definition) is 13. The van der Waals surface area contributed by atoms with E-state index in [1.54, 1.807) is 6.92 Å². The first-order valence-electron chi connectivity index (χ1n) is 16.8. The van der Waals surface area contributed by atoms with Crippen LogP contribution < -0.4 is 60.6 Å². The Hall–Kier alpha value is -3.95. The predicted octanol–water partition coefficient (Wildman–Crippen LogP) is -5.46. The first-order valence-corrected chi connectivity index (χ1v) is 16.8. The molecule has 0 spiro atoms. The molecule has 0 heterocycles. The summed E-state index contributed by atoms with van der Waals surface area (Å²) >= 11 is 0. The Bertz CT molecular complexity index is 1110. The summed E-state index contributed by atoms with van der Waals surface area (Å²) in [6.07, 6.45) is 0.862. The van der Waals surface area contributed by atoms with Gasteiger partial charge in [0.15, 0.2) is 0 Å². The van der Waals surface area contributed by atoms with Gasteiger partial charge in [0.25, 0.3) is 0 Å². The SMILES string of the molecule is CCC[C@H](NC(=O)[C@@H](CC(C)C)NC(=O)[C@H](CCN)NC(=O)[C@@H](N)CCN)C(=O)N[C@@H](CCN)C(=O)N[C@@H](CCN)C(=O)N[C@@H](CO)C(=O)O. The van der Waals surface area contributed by atoms with Gasteiger partial charge in [-0.05, 0) is 70.6 Å². The van der Waals surface area contributed by atoms with E-state index in [1.807, 2.05) is 13.8 Å². The summed E-state index contributed by atoms with van der Waals surface area (Å²) < 4.78 is 0. The number of carbonyl (C=O) groups is 7. The smallest absolute Gasteiger partial charge is 0.328 e. The van der Waals surface area contributed by atoms with Crippen molar-refractivity contribution in [3.63, 3.8) is 0 Å². The summed E-state index contributed by atoms with van der Waals surface area (Å²) in [7, 11) is 0. The number of nitrogens with one attached hydrogen (secondary N) is 6. The van der Waals surface area contributed by atoms with E-state index in [-0.39, 0.29) is 70.6 Å². The van der Waals surface area contributed by atoms with Crippen LogP contribution in [-0.4, -0.2) is 127 Å². The van der Waals surface area contributed by atoms with Gasteiger partial charge >= 0.3 is 5.97 Å². The maximum Gasteiger partial charge on any atom is 0.328 e. The zero-order valence-electron chi connectivity index (χ0n) is 29.2. The Labute approximate surface area is 292 Å². The van der Waals surface area contributed by atoms with Crippen molar-refractivity contribution in [2.45, 2.75) is 108 Å². The predicted molar refractivity (Wildman–Crippen MR) is 183 cm³/mol. The third kappa shape index (κ3) is 17.1. The molecule has 20 nitrogen and oxygen atoms in total. The molecule has 50 heavy (non-hydrogen) atoms. The molecule has 0 saturated heterocycles. The summed E-state index contributed by atoms with van der Waals surface area (Å²) in [5.41, 5.74) is 28.2. The van der Waals surface area contributed by atoms with Crippen molar-refractivity contribution in [1.82, 2.24) is 31.9 Å². The Morgan fingerprint density at radius 1 is 0.520 bits per heavy atom. The van der Waals surface area contributed by atoms with Crippen LogP contribution in [0.25, 0.3) is 0 Å². The average Bonchev–Trinajstić information content (AvgIpc) is 3.05. The molecular weight excluding hydrogens is 658 g/mol. The molecule has 0 aromatic heterocycles. The van der Waals surface area contributed by atoms with Gasteiger partial charge in [-0.3, -0.25) is 28.8 Å². The number of aliphatic carboxylic acids is 1. The summed E-state index contributed by atoms with van der Waals surface area (Å²) in [5.74, 6) is -6.00. The largest absolute Gasteiger partial charge is 0.480 e. The standard InChI is InChI=1S/C30H59N11O9/c1-4-5-18(25(44)38-20(8-12-33)26(45)39-21(9-13-34)28(47)41-23(15-42)30(49)50)37-29(48)22(14-16(2)3)40-27(46)19(7-11-32)36-24(43)17(35)6-10-31/h16-23,42H,4-15,31-35H2,1-3H3,(H,36,43)(H,37,48)(H,38,44)(H,39,45)(H,40,46)(H,41,47)(H,49,50)/t17-,18-,19-,20-,21-,22+,23-/m0/s1. The third-order valence-corrected chi connectivity index (χ3v) is 7.43. The molecule has 0 fully saturated rings. The number of carbonyl (C=O) groups excluding carboxylic acids is 6. The van der Waals surface area contributed by atoms with Gasteiger partial charge in [0, 0.05) is 0 Å². The topological polar surface area (TPSA) is 362 Å². The normalized spacial score (nSPS) is 15.3. The van der Waals surface area contributed by atoms with Crippen LogP contribution in [0, 0.1) is 5.92 Å². The second-order valence-electron chi connectivity index (χ2n) is 12.2. The van der Waals surface area contributed by atoms with Crippen molar-refractivity contribution in [2.75, 3.05) is 32.8 Å². The molecule has 0 rings (SSSR count). The van der Waals surface area contributed by atoms with E-state index >= 15 is 0 Å². The van der Waals surface area contributed by atoms with Crippen LogP contribution in [0.2, 0.25) is 0 Å². The van der Waals surface area contributed by atoms with Crippen LogP contribution in [-0.2, 0) is 33.6 Å². The molecule has 7 atom stereocenters. The number of nitrogens with two attached hydrogens (primary N) is 5. The van der Waals surface area contributed by atoms with Gasteiger partial charge in [-0.15, -0.1) is 0 Å². The monoisotopic (exact) mass is 717 g/mol. The minimum atomic E-state index is -1.62. The fraction of sp³-hybridized carbons (Fsp3) is 0.767. The molecule has 0 bridgehead atoms. The summed E-state index contributed by atoms with van der Waals surface area (Å²) in [4.78, 5) is 89.8. The number of carboxylic acids is 1. The highest BCUT2D eigenvalue weighted by Gasteiger charge is 2.33. The Balaban J connectivity index is 5.92. The molecule has 0 aromatic carbocycles. The molecule has 0 saturated carbocycles. The average molecular weight is 718 g/mol. The molecule has 20 heteroatoms. The highest BCUT2D eigenvalue weighted by atomic mass is 16.4. The maximum absolute atomic E-state index is 13.5. The lowest BCUT2D eigenvalue weighted by atomic mass is 10.0. The minimum absolute atomic E-state index is 0.0466. The molecule has 18 N–H and O–H groups in total. The van der Waals surface area contributed by atoms with Gasteiger partial charge in [-0.25, -0.2) is 4.79 Å². The van der Waals surface area contributed by atoms with Crippen molar-refractivity contribution in [3.8, 4) is 0 Å². The highest BCUT2D eigenvalue weighted by Crippen LogP contribution is 2.09. The van der Waals surface area contributed by atoms with Crippen molar-refractivity contribution in [3.05, 3.63) is 0 Å². The van der Waals surface area contributed by atoms with Crippen molar-refractivity contribution in [2.24, 2.45) is 34.6 Å². The van der Waals surface area contributed by atoms with Gasteiger partial charge in [0.2, 0.25) is 35.4 Å². The van der Waals surface area contributed by atoms with Crippen molar-refractivity contribution in [1.29, 1.82) is 0 Å². The number of aliphatic hydroxyl groups is 1. The summed E-state index contributed by atoms with van der Waals surface area (Å²) in [6, 6.07) is -8.47. The Kier molecular flexibility index (Phi) is 23.1. The lowest BCUT2D eigenvalue weighted by molar-refractivity contribution is -0.143. The molecule has 6 amide bonds. The van der Waals surface area contributed by atoms with Crippen molar-refractivity contribution >= 4 is 41.4 Å². The van der Waals surface area contributed by atoms with Crippen LogP contribution in [0.3, 0.4) is 0 Å². The van der Waals surface area contributed by atoms with E-state index in [1.165, 1.54) is 0 Å². The fourth-order valence-electron chi connectivity index (χ4n) is 4.70. The number of aliphatic hydroxyl groups excluding tert-OH is 1. The van der Waals surface area contributed by atoms with E-state index in [0.29, 0.717) is 6.42 Å². The van der Waals surface area contributed by atoms with Crippen LogP contribution in [0.5, 0.6) is 0 Å². The van der Waals surface area contributed by atoms with Crippen LogP contribution in [0.1, 0.15) is 65.7 Å². The molecular formula is C30H59N11O9. The Morgan fingerprint density at radius 2 is 0.840 bits per heavy atom. The zero-order chi connectivity index (χ0) is 38.4. The summed E-state index contributed by atoms with van der Waals surface area (Å²) in [6.45, 7) is 4.62. The number of hydrogen-bond donors (Lipinski definition) is 13. The minimum Gasteiger partial charge on any atom is -0.480 e. The van der Waals surface area contributed by atoms with Gasteiger partial charge < -0.3 is 70.8 Å².